The Kier molecular flexibility index (Phi) is 6.31. The van der Waals surface area contributed by atoms with E-state index < -0.39 is 4.92 Å². The third-order valence-electron chi connectivity index (χ3n) is 2.37. The number of hydrogen-bond donors (Lipinski definition) is 1. The first-order chi connectivity index (χ1) is 9.04. The van der Waals surface area contributed by atoms with Gasteiger partial charge in [0.2, 0.25) is 5.91 Å². The lowest BCUT2D eigenvalue weighted by molar-refractivity contribution is -0.384. The van der Waals surface area contributed by atoms with Crippen LogP contribution in [0.5, 0.6) is 0 Å². The first kappa shape index (κ1) is 15.5. The Hall–Kier alpha value is -1.60. The molecule has 0 spiro atoms. The quantitative estimate of drug-likeness (QED) is 0.471. The highest BCUT2D eigenvalue weighted by Crippen LogP contribution is 2.21. The molecule has 0 aromatic heterocycles. The number of nitro groups is 1. The SMILES string of the molecule is COCCSCC(=O)Nc1cc([N+](=O)[O-])ccc1C. The summed E-state index contributed by atoms with van der Waals surface area (Å²) in [5.41, 5.74) is 1.24. The second kappa shape index (κ2) is 7.75. The van der Waals surface area contributed by atoms with E-state index in [0.29, 0.717) is 18.0 Å². The summed E-state index contributed by atoms with van der Waals surface area (Å²) in [5, 5.41) is 13.3. The van der Waals surface area contributed by atoms with Crippen molar-refractivity contribution in [1.82, 2.24) is 0 Å². The molecule has 1 N–H and O–H groups in total. The molecule has 1 amide bonds. The number of rotatable bonds is 7. The van der Waals surface area contributed by atoms with Gasteiger partial charge in [-0.05, 0) is 12.5 Å². The van der Waals surface area contributed by atoms with Gasteiger partial charge in [0.25, 0.3) is 5.69 Å². The number of nitrogens with zero attached hydrogens (tertiary/aromatic N) is 1. The van der Waals surface area contributed by atoms with E-state index in [0.717, 1.165) is 11.3 Å². The van der Waals surface area contributed by atoms with Crippen LogP contribution in [0, 0.1) is 17.0 Å². The molecule has 0 atom stereocenters. The number of benzene rings is 1. The molecule has 0 saturated carbocycles. The van der Waals surface area contributed by atoms with Gasteiger partial charge in [-0.3, -0.25) is 14.9 Å². The zero-order valence-corrected chi connectivity index (χ0v) is 11.7. The second-order valence-electron chi connectivity index (χ2n) is 3.85. The van der Waals surface area contributed by atoms with Crippen molar-refractivity contribution in [2.45, 2.75) is 6.92 Å². The van der Waals surface area contributed by atoms with Crippen molar-refractivity contribution in [2.24, 2.45) is 0 Å². The number of non-ortho nitro benzene ring substituents is 1. The van der Waals surface area contributed by atoms with Crippen molar-refractivity contribution >= 4 is 29.0 Å². The first-order valence-corrected chi connectivity index (χ1v) is 6.81. The van der Waals surface area contributed by atoms with Crippen molar-refractivity contribution in [1.29, 1.82) is 0 Å². The number of amides is 1. The molecule has 0 unspecified atom stereocenters. The number of anilines is 1. The Morgan fingerprint density at radius 2 is 2.26 bits per heavy atom. The Balaban J connectivity index is 2.58. The predicted octanol–water partition coefficient (Wildman–Crippen LogP) is 2.22. The van der Waals surface area contributed by atoms with E-state index >= 15 is 0 Å². The lowest BCUT2D eigenvalue weighted by Gasteiger charge is -2.08. The molecule has 6 nitrogen and oxygen atoms in total. The second-order valence-corrected chi connectivity index (χ2v) is 4.96. The first-order valence-electron chi connectivity index (χ1n) is 5.66. The molecule has 104 valence electrons. The summed E-state index contributed by atoms with van der Waals surface area (Å²) in [4.78, 5) is 21.9. The van der Waals surface area contributed by atoms with Crippen molar-refractivity contribution in [2.75, 3.05) is 30.5 Å². The topological polar surface area (TPSA) is 81.5 Å². The fourth-order valence-electron chi connectivity index (χ4n) is 1.35. The predicted molar refractivity (Wildman–Crippen MR) is 75.7 cm³/mol. The molecule has 0 aliphatic heterocycles. The van der Waals surface area contributed by atoms with Crippen LogP contribution in [0.25, 0.3) is 0 Å². The molecule has 0 saturated heterocycles. The normalized spacial score (nSPS) is 10.2. The number of nitrogens with one attached hydrogen (secondary N) is 1. The van der Waals surface area contributed by atoms with Crippen LogP contribution in [0.4, 0.5) is 11.4 Å². The summed E-state index contributed by atoms with van der Waals surface area (Å²) < 4.78 is 4.88. The molecule has 7 heteroatoms. The van der Waals surface area contributed by atoms with Crippen LogP contribution in [0.2, 0.25) is 0 Å². The maximum absolute atomic E-state index is 11.7. The summed E-state index contributed by atoms with van der Waals surface area (Å²) in [6.07, 6.45) is 0. The smallest absolute Gasteiger partial charge is 0.271 e. The van der Waals surface area contributed by atoms with Gasteiger partial charge in [-0.1, -0.05) is 6.07 Å². The molecule has 0 bridgehead atoms. The van der Waals surface area contributed by atoms with Crippen LogP contribution >= 0.6 is 11.8 Å². The summed E-state index contributed by atoms with van der Waals surface area (Å²) in [5.74, 6) is 0.855. The molecular formula is C12H16N2O4S. The molecule has 19 heavy (non-hydrogen) atoms. The molecule has 0 radical (unpaired) electrons. The standard InChI is InChI=1S/C12H16N2O4S/c1-9-3-4-10(14(16)17)7-11(9)13-12(15)8-19-6-5-18-2/h3-4,7H,5-6,8H2,1-2H3,(H,13,15). The van der Waals surface area contributed by atoms with Gasteiger partial charge in [0.15, 0.2) is 0 Å². The monoisotopic (exact) mass is 284 g/mol. The summed E-state index contributed by atoms with van der Waals surface area (Å²) in [7, 11) is 1.60. The van der Waals surface area contributed by atoms with E-state index in [1.165, 1.54) is 23.9 Å². The van der Waals surface area contributed by atoms with Crippen molar-refractivity contribution in [3.8, 4) is 0 Å². The number of hydrogen-bond acceptors (Lipinski definition) is 5. The highest BCUT2D eigenvalue weighted by Gasteiger charge is 2.10. The Labute approximate surface area is 115 Å². The van der Waals surface area contributed by atoms with Gasteiger partial charge in [-0.2, -0.15) is 0 Å². The number of nitro benzene ring substituents is 1. The number of carbonyl (C=O) groups is 1. The van der Waals surface area contributed by atoms with Crippen LogP contribution in [0.15, 0.2) is 18.2 Å². The molecule has 1 aromatic rings. The van der Waals surface area contributed by atoms with E-state index in [1.807, 2.05) is 0 Å². The maximum atomic E-state index is 11.7. The average molecular weight is 284 g/mol. The van der Waals surface area contributed by atoms with Gasteiger partial charge in [0.1, 0.15) is 0 Å². The third kappa shape index (κ3) is 5.27. The fourth-order valence-corrected chi connectivity index (χ4v) is 2.04. The molecule has 0 aliphatic carbocycles. The van der Waals surface area contributed by atoms with Crippen molar-refractivity contribution in [3.63, 3.8) is 0 Å². The van der Waals surface area contributed by atoms with Crippen molar-refractivity contribution in [3.05, 3.63) is 33.9 Å². The number of aryl methyl sites for hydroxylation is 1. The Morgan fingerprint density at radius 3 is 2.89 bits per heavy atom. The minimum atomic E-state index is -0.484. The number of thioether (sulfide) groups is 1. The molecule has 0 heterocycles. The lowest BCUT2D eigenvalue weighted by Crippen LogP contribution is -2.15. The van der Waals surface area contributed by atoms with Gasteiger partial charge in [-0.15, -0.1) is 11.8 Å². The van der Waals surface area contributed by atoms with Gasteiger partial charge >= 0.3 is 0 Å². The largest absolute Gasteiger partial charge is 0.384 e. The van der Waals surface area contributed by atoms with Gasteiger partial charge in [-0.25, -0.2) is 0 Å². The molecular weight excluding hydrogens is 268 g/mol. The zero-order chi connectivity index (χ0) is 14.3. The van der Waals surface area contributed by atoms with Crippen molar-refractivity contribution < 1.29 is 14.5 Å². The lowest BCUT2D eigenvalue weighted by atomic mass is 10.2. The number of carbonyl (C=O) groups excluding carboxylic acids is 1. The molecule has 1 rings (SSSR count). The van der Waals surface area contributed by atoms with E-state index in [-0.39, 0.29) is 11.6 Å². The van der Waals surface area contributed by atoms with Gasteiger partial charge < -0.3 is 10.1 Å². The fraction of sp³-hybridized carbons (Fsp3) is 0.417. The summed E-state index contributed by atoms with van der Waals surface area (Å²) in [6.45, 7) is 2.38. The molecule has 1 aromatic carbocycles. The molecule has 0 aliphatic rings. The van der Waals surface area contributed by atoms with Crippen LogP contribution in [-0.4, -0.2) is 36.1 Å². The third-order valence-corrected chi connectivity index (χ3v) is 3.29. The van der Waals surface area contributed by atoms with E-state index in [2.05, 4.69) is 5.32 Å². The minimum absolute atomic E-state index is 0.0343. The zero-order valence-electron chi connectivity index (χ0n) is 10.8. The number of ether oxygens (including phenoxy) is 1. The average Bonchev–Trinajstić information content (AvgIpc) is 2.37. The van der Waals surface area contributed by atoms with E-state index in [9.17, 15) is 14.9 Å². The van der Waals surface area contributed by atoms with Crippen LogP contribution in [0.3, 0.4) is 0 Å². The maximum Gasteiger partial charge on any atom is 0.271 e. The summed E-state index contributed by atoms with van der Waals surface area (Å²) in [6, 6.07) is 4.40. The van der Waals surface area contributed by atoms with Crippen LogP contribution in [-0.2, 0) is 9.53 Å². The van der Waals surface area contributed by atoms with Crippen LogP contribution in [0.1, 0.15) is 5.56 Å². The molecule has 0 fully saturated rings. The Bertz CT molecular complexity index is 465. The van der Waals surface area contributed by atoms with Gasteiger partial charge in [0, 0.05) is 25.0 Å². The van der Waals surface area contributed by atoms with Gasteiger partial charge in [0.05, 0.1) is 23.0 Å². The minimum Gasteiger partial charge on any atom is -0.384 e. The number of methoxy groups -OCH3 is 1. The highest BCUT2D eigenvalue weighted by molar-refractivity contribution is 7.99. The summed E-state index contributed by atoms with van der Waals surface area (Å²) >= 11 is 1.45. The Morgan fingerprint density at radius 1 is 1.53 bits per heavy atom. The van der Waals surface area contributed by atoms with E-state index in [4.69, 9.17) is 4.74 Å². The van der Waals surface area contributed by atoms with Crippen LogP contribution < -0.4 is 5.32 Å². The van der Waals surface area contributed by atoms with E-state index in [1.54, 1.807) is 20.1 Å². The highest BCUT2D eigenvalue weighted by atomic mass is 32.2.